The number of hydrogen-bond acceptors (Lipinski definition) is 5. The number of benzene rings is 1. The van der Waals surface area contributed by atoms with Gasteiger partial charge in [-0.25, -0.2) is 4.39 Å². The molecule has 8 heteroatoms. The smallest absolute Gasteiger partial charge is 0.258 e. The van der Waals surface area contributed by atoms with Crippen LogP contribution in [-0.4, -0.2) is 34.0 Å². The number of likely N-dealkylation sites (tertiary alicyclic amines) is 1. The first-order chi connectivity index (χ1) is 13.1. The lowest BCUT2D eigenvalue weighted by molar-refractivity contribution is 0.0663. The van der Waals surface area contributed by atoms with Crippen LogP contribution in [0.4, 0.5) is 4.39 Å². The average molecular weight is 406 g/mol. The van der Waals surface area contributed by atoms with E-state index in [4.69, 9.17) is 16.1 Å². The molecule has 3 heterocycles. The van der Waals surface area contributed by atoms with Gasteiger partial charge in [0.1, 0.15) is 5.82 Å². The van der Waals surface area contributed by atoms with Gasteiger partial charge in [-0.05, 0) is 42.3 Å². The van der Waals surface area contributed by atoms with Crippen LogP contribution in [0.3, 0.4) is 0 Å². The Morgan fingerprint density at radius 3 is 3.07 bits per heavy atom. The molecule has 0 saturated carbocycles. The third-order valence-corrected chi connectivity index (χ3v) is 5.69. The molecule has 1 unspecified atom stereocenters. The van der Waals surface area contributed by atoms with Crippen molar-refractivity contribution in [1.82, 2.24) is 15.0 Å². The van der Waals surface area contributed by atoms with Crippen LogP contribution in [0.5, 0.6) is 0 Å². The highest BCUT2D eigenvalue weighted by atomic mass is 35.5. The second-order valence-corrected chi connectivity index (χ2v) is 7.77. The molecule has 0 N–H and O–H groups in total. The Labute approximate surface area is 164 Å². The van der Waals surface area contributed by atoms with Gasteiger partial charge in [0.25, 0.3) is 5.91 Å². The van der Waals surface area contributed by atoms with E-state index in [0.29, 0.717) is 31.2 Å². The second kappa shape index (κ2) is 7.78. The number of carbonyl (C=O) groups excluding carboxylic acids is 1. The standard InChI is InChI=1S/C19H17ClFN3O2S/c20-14-4-1-5-15(21)17(14)19(25)24-7-2-3-12(10-24)9-16-22-18(23-26-16)13-6-8-27-11-13/h1,4-6,8,11-12H,2-3,7,9-10H2. The van der Waals surface area contributed by atoms with Gasteiger partial charge in [-0.3, -0.25) is 4.79 Å². The Balaban J connectivity index is 1.45. The summed E-state index contributed by atoms with van der Waals surface area (Å²) in [7, 11) is 0. The molecule has 5 nitrogen and oxygen atoms in total. The fourth-order valence-corrected chi connectivity index (χ4v) is 4.25. The SMILES string of the molecule is O=C(c1c(F)cccc1Cl)N1CCCC(Cc2nc(-c3ccsc3)no2)C1. The highest BCUT2D eigenvalue weighted by Gasteiger charge is 2.28. The summed E-state index contributed by atoms with van der Waals surface area (Å²) in [4.78, 5) is 18.9. The van der Waals surface area contributed by atoms with E-state index in [2.05, 4.69) is 10.1 Å². The largest absolute Gasteiger partial charge is 0.339 e. The van der Waals surface area contributed by atoms with E-state index >= 15 is 0 Å². The molecule has 1 aliphatic heterocycles. The normalized spacial score (nSPS) is 17.3. The maximum Gasteiger partial charge on any atom is 0.258 e. The first-order valence-corrected chi connectivity index (χ1v) is 10.0. The third kappa shape index (κ3) is 3.89. The van der Waals surface area contributed by atoms with Crippen molar-refractivity contribution < 1.29 is 13.7 Å². The number of hydrogen-bond donors (Lipinski definition) is 0. The third-order valence-electron chi connectivity index (χ3n) is 4.69. The van der Waals surface area contributed by atoms with Crippen LogP contribution in [0.1, 0.15) is 29.1 Å². The van der Waals surface area contributed by atoms with E-state index in [1.54, 1.807) is 16.2 Å². The van der Waals surface area contributed by atoms with Gasteiger partial charge in [0.2, 0.25) is 11.7 Å². The summed E-state index contributed by atoms with van der Waals surface area (Å²) in [6.45, 7) is 1.10. The van der Waals surface area contributed by atoms with Crippen molar-refractivity contribution in [1.29, 1.82) is 0 Å². The van der Waals surface area contributed by atoms with Crippen molar-refractivity contribution in [3.63, 3.8) is 0 Å². The molecule has 1 fully saturated rings. The van der Waals surface area contributed by atoms with Crippen LogP contribution in [0.15, 0.2) is 39.5 Å². The maximum absolute atomic E-state index is 14.1. The van der Waals surface area contributed by atoms with E-state index in [1.165, 1.54) is 18.2 Å². The van der Waals surface area contributed by atoms with E-state index in [9.17, 15) is 9.18 Å². The van der Waals surface area contributed by atoms with Crippen LogP contribution in [0.25, 0.3) is 11.4 Å². The highest BCUT2D eigenvalue weighted by molar-refractivity contribution is 7.08. The van der Waals surface area contributed by atoms with Gasteiger partial charge >= 0.3 is 0 Å². The summed E-state index contributed by atoms with van der Waals surface area (Å²) < 4.78 is 19.4. The summed E-state index contributed by atoms with van der Waals surface area (Å²) in [5.41, 5.74) is 0.877. The van der Waals surface area contributed by atoms with Gasteiger partial charge in [-0.1, -0.05) is 22.8 Å². The van der Waals surface area contributed by atoms with Crippen LogP contribution in [0.2, 0.25) is 5.02 Å². The van der Waals surface area contributed by atoms with E-state index in [0.717, 1.165) is 18.4 Å². The maximum atomic E-state index is 14.1. The number of amides is 1. The van der Waals surface area contributed by atoms with Crippen molar-refractivity contribution in [3.8, 4) is 11.4 Å². The monoisotopic (exact) mass is 405 g/mol. The summed E-state index contributed by atoms with van der Waals surface area (Å²) in [5.74, 6) is 0.357. The fraction of sp³-hybridized carbons (Fsp3) is 0.316. The van der Waals surface area contributed by atoms with Crippen molar-refractivity contribution in [2.45, 2.75) is 19.3 Å². The number of piperidine rings is 1. The number of nitrogens with zero attached hydrogens (tertiary/aromatic N) is 3. The molecule has 1 amide bonds. The predicted octanol–water partition coefficient (Wildman–Crippen LogP) is 4.69. The minimum atomic E-state index is -0.591. The minimum absolute atomic E-state index is 0.0580. The van der Waals surface area contributed by atoms with Crippen molar-refractivity contribution >= 4 is 28.8 Å². The zero-order chi connectivity index (χ0) is 18.8. The van der Waals surface area contributed by atoms with Gasteiger partial charge in [-0.15, -0.1) is 0 Å². The summed E-state index contributed by atoms with van der Waals surface area (Å²) in [6, 6.07) is 6.22. The van der Waals surface area contributed by atoms with Crippen LogP contribution >= 0.6 is 22.9 Å². The second-order valence-electron chi connectivity index (χ2n) is 6.58. The lowest BCUT2D eigenvalue weighted by atomic mass is 9.94. The van der Waals surface area contributed by atoms with Crippen LogP contribution < -0.4 is 0 Å². The lowest BCUT2D eigenvalue weighted by Gasteiger charge is -2.32. The lowest BCUT2D eigenvalue weighted by Crippen LogP contribution is -2.41. The molecule has 0 aliphatic carbocycles. The van der Waals surface area contributed by atoms with E-state index in [-0.39, 0.29) is 22.4 Å². The first kappa shape index (κ1) is 18.1. The molecule has 0 radical (unpaired) electrons. The number of halogens is 2. The zero-order valence-electron chi connectivity index (χ0n) is 14.4. The molecule has 27 heavy (non-hydrogen) atoms. The highest BCUT2D eigenvalue weighted by Crippen LogP contribution is 2.26. The number of rotatable bonds is 4. The Morgan fingerprint density at radius 2 is 2.30 bits per heavy atom. The fourth-order valence-electron chi connectivity index (χ4n) is 3.37. The molecule has 1 aliphatic rings. The Morgan fingerprint density at radius 1 is 1.41 bits per heavy atom. The molecular formula is C19H17ClFN3O2S. The Hall–Kier alpha value is -2.25. The summed E-state index contributed by atoms with van der Waals surface area (Å²) in [5, 5.41) is 8.09. The molecule has 1 saturated heterocycles. The van der Waals surface area contributed by atoms with Gasteiger partial charge in [0.05, 0.1) is 10.6 Å². The summed E-state index contributed by atoms with van der Waals surface area (Å²) >= 11 is 7.62. The Bertz CT molecular complexity index is 924. The van der Waals surface area contributed by atoms with Crippen LogP contribution in [0, 0.1) is 11.7 Å². The van der Waals surface area contributed by atoms with Crippen LogP contribution in [-0.2, 0) is 6.42 Å². The predicted molar refractivity (Wildman–Crippen MR) is 101 cm³/mol. The molecule has 1 atom stereocenters. The quantitative estimate of drug-likeness (QED) is 0.632. The molecule has 1 aromatic carbocycles. The Kier molecular flexibility index (Phi) is 5.22. The molecule has 0 bridgehead atoms. The first-order valence-electron chi connectivity index (χ1n) is 8.70. The van der Waals surface area contributed by atoms with Crippen molar-refractivity contribution in [2.75, 3.05) is 13.1 Å². The molecular weight excluding hydrogens is 389 g/mol. The van der Waals surface area contributed by atoms with E-state index in [1.807, 2.05) is 16.8 Å². The molecule has 140 valence electrons. The number of thiophene rings is 1. The molecule has 0 spiro atoms. The van der Waals surface area contributed by atoms with Gasteiger partial charge in [0, 0.05) is 30.5 Å². The number of carbonyl (C=O) groups is 1. The van der Waals surface area contributed by atoms with Gasteiger partial charge < -0.3 is 9.42 Å². The van der Waals surface area contributed by atoms with Gasteiger partial charge in [0.15, 0.2) is 0 Å². The average Bonchev–Trinajstić information content (AvgIpc) is 3.33. The minimum Gasteiger partial charge on any atom is -0.339 e. The van der Waals surface area contributed by atoms with Gasteiger partial charge in [-0.2, -0.15) is 16.3 Å². The van der Waals surface area contributed by atoms with E-state index < -0.39 is 5.82 Å². The van der Waals surface area contributed by atoms with Crippen molar-refractivity contribution in [2.24, 2.45) is 5.92 Å². The number of aromatic nitrogens is 2. The molecule has 2 aromatic heterocycles. The molecule has 4 rings (SSSR count). The summed E-state index contributed by atoms with van der Waals surface area (Å²) in [6.07, 6.45) is 2.38. The zero-order valence-corrected chi connectivity index (χ0v) is 16.0. The van der Waals surface area contributed by atoms with Crippen molar-refractivity contribution in [3.05, 3.63) is 57.3 Å². The molecule has 3 aromatic rings. The topological polar surface area (TPSA) is 59.2 Å².